The first-order valence-corrected chi connectivity index (χ1v) is 6.28. The summed E-state index contributed by atoms with van der Waals surface area (Å²) in [6.45, 7) is 1.93. The zero-order chi connectivity index (χ0) is 10.4. The number of aryl methyl sites for hydroxylation is 1. The average Bonchev–Trinajstić information content (AvgIpc) is 2.69. The van der Waals surface area contributed by atoms with Gasteiger partial charge in [-0.05, 0) is 32.6 Å². The largest absolute Gasteiger partial charge is 0.393 e. The number of anilines is 1. The molecule has 3 heterocycles. The van der Waals surface area contributed by atoms with Crippen molar-refractivity contribution in [3.05, 3.63) is 5.82 Å². The van der Waals surface area contributed by atoms with Crippen molar-refractivity contribution < 1.29 is 5.11 Å². The number of aliphatic hydroxyl groups is 1. The van der Waals surface area contributed by atoms with Crippen LogP contribution >= 0.6 is 11.5 Å². The molecular formula is C10H15N3OS. The van der Waals surface area contributed by atoms with Crippen molar-refractivity contribution >= 4 is 16.7 Å². The molecule has 1 aromatic heterocycles. The standard InChI is InChI=1S/C10H15N3OS/c1-6-11-10(15-12-6)13-7-2-3-8(13)5-9(14)4-7/h7-9,14H,2-5H2,1H3. The van der Waals surface area contributed by atoms with Gasteiger partial charge < -0.3 is 10.0 Å². The van der Waals surface area contributed by atoms with Crippen LogP contribution in [0.3, 0.4) is 0 Å². The summed E-state index contributed by atoms with van der Waals surface area (Å²) >= 11 is 1.49. The number of aliphatic hydroxyl groups excluding tert-OH is 1. The van der Waals surface area contributed by atoms with E-state index in [0.29, 0.717) is 12.1 Å². The van der Waals surface area contributed by atoms with Crippen LogP contribution in [0.15, 0.2) is 0 Å². The highest BCUT2D eigenvalue weighted by Gasteiger charge is 2.41. The fraction of sp³-hybridized carbons (Fsp3) is 0.800. The normalized spacial score (nSPS) is 34.8. The van der Waals surface area contributed by atoms with Crippen LogP contribution in [-0.2, 0) is 0 Å². The van der Waals surface area contributed by atoms with Gasteiger partial charge in [-0.1, -0.05) is 0 Å². The molecule has 2 fully saturated rings. The summed E-state index contributed by atoms with van der Waals surface area (Å²) < 4.78 is 4.23. The molecule has 0 spiro atoms. The van der Waals surface area contributed by atoms with E-state index in [0.717, 1.165) is 23.8 Å². The molecule has 0 aliphatic carbocycles. The summed E-state index contributed by atoms with van der Waals surface area (Å²) in [7, 11) is 0. The Hall–Kier alpha value is -0.680. The van der Waals surface area contributed by atoms with Gasteiger partial charge in [0.15, 0.2) is 0 Å². The number of aromatic nitrogens is 2. The number of hydrogen-bond acceptors (Lipinski definition) is 5. The van der Waals surface area contributed by atoms with Crippen molar-refractivity contribution in [3.8, 4) is 0 Å². The lowest BCUT2D eigenvalue weighted by atomic mass is 10.0. The van der Waals surface area contributed by atoms with Crippen molar-refractivity contribution in [1.82, 2.24) is 9.36 Å². The van der Waals surface area contributed by atoms with Gasteiger partial charge in [0.25, 0.3) is 0 Å². The van der Waals surface area contributed by atoms with Crippen molar-refractivity contribution in [3.63, 3.8) is 0 Å². The summed E-state index contributed by atoms with van der Waals surface area (Å²) in [5.41, 5.74) is 0. The van der Waals surface area contributed by atoms with Crippen LogP contribution < -0.4 is 4.90 Å². The summed E-state index contributed by atoms with van der Waals surface area (Å²) in [5.74, 6) is 0.862. The van der Waals surface area contributed by atoms with E-state index in [9.17, 15) is 5.11 Å². The van der Waals surface area contributed by atoms with Gasteiger partial charge in [-0.25, -0.2) is 4.98 Å². The highest BCUT2D eigenvalue weighted by atomic mass is 32.1. The fourth-order valence-electron chi connectivity index (χ4n) is 2.85. The zero-order valence-electron chi connectivity index (χ0n) is 8.76. The number of fused-ring (bicyclic) bond motifs is 2. The highest BCUT2D eigenvalue weighted by Crippen LogP contribution is 2.39. The van der Waals surface area contributed by atoms with Crippen LogP contribution in [0.1, 0.15) is 31.5 Å². The Kier molecular flexibility index (Phi) is 2.17. The molecule has 2 atom stereocenters. The predicted molar refractivity (Wildman–Crippen MR) is 59.2 cm³/mol. The molecule has 2 aliphatic heterocycles. The Bertz CT molecular complexity index is 353. The minimum absolute atomic E-state index is 0.104. The molecule has 2 aliphatic rings. The molecule has 1 N–H and O–H groups in total. The van der Waals surface area contributed by atoms with Gasteiger partial charge in [0.1, 0.15) is 5.82 Å². The van der Waals surface area contributed by atoms with Crippen LogP contribution in [0.25, 0.3) is 0 Å². The third-order valence-electron chi connectivity index (χ3n) is 3.45. The third kappa shape index (κ3) is 1.54. The Labute approximate surface area is 93.1 Å². The monoisotopic (exact) mass is 225 g/mol. The lowest BCUT2D eigenvalue weighted by Gasteiger charge is -2.36. The summed E-state index contributed by atoms with van der Waals surface area (Å²) in [4.78, 5) is 6.84. The van der Waals surface area contributed by atoms with Crippen molar-refractivity contribution in [1.29, 1.82) is 0 Å². The molecule has 0 amide bonds. The van der Waals surface area contributed by atoms with E-state index in [1.807, 2.05) is 6.92 Å². The second kappa shape index (κ2) is 3.42. The molecule has 15 heavy (non-hydrogen) atoms. The molecule has 82 valence electrons. The fourth-order valence-corrected chi connectivity index (χ4v) is 3.67. The SMILES string of the molecule is Cc1nsc(N2C3CCC2CC(O)C3)n1. The molecule has 2 saturated heterocycles. The van der Waals surface area contributed by atoms with Crippen molar-refractivity contribution in [2.75, 3.05) is 4.90 Å². The number of rotatable bonds is 1. The minimum Gasteiger partial charge on any atom is -0.393 e. The van der Waals surface area contributed by atoms with E-state index >= 15 is 0 Å². The first-order chi connectivity index (χ1) is 7.24. The van der Waals surface area contributed by atoms with E-state index in [4.69, 9.17) is 0 Å². The van der Waals surface area contributed by atoms with E-state index in [2.05, 4.69) is 14.3 Å². The molecule has 0 radical (unpaired) electrons. The molecule has 3 rings (SSSR count). The van der Waals surface area contributed by atoms with Crippen LogP contribution in [-0.4, -0.2) is 32.7 Å². The summed E-state index contributed by atoms with van der Waals surface area (Å²) in [6.07, 6.45) is 4.08. The van der Waals surface area contributed by atoms with Crippen LogP contribution in [0.5, 0.6) is 0 Å². The first-order valence-electron chi connectivity index (χ1n) is 5.51. The average molecular weight is 225 g/mol. The summed E-state index contributed by atoms with van der Waals surface area (Å²) in [6, 6.07) is 0.984. The molecule has 2 bridgehead atoms. The molecule has 0 saturated carbocycles. The van der Waals surface area contributed by atoms with Crippen molar-refractivity contribution in [2.45, 2.75) is 50.8 Å². The van der Waals surface area contributed by atoms with E-state index in [1.54, 1.807) is 0 Å². The van der Waals surface area contributed by atoms with Crippen LogP contribution in [0.2, 0.25) is 0 Å². The number of hydrogen-bond donors (Lipinski definition) is 1. The van der Waals surface area contributed by atoms with Crippen LogP contribution in [0.4, 0.5) is 5.13 Å². The molecular weight excluding hydrogens is 210 g/mol. The lowest BCUT2D eigenvalue weighted by molar-refractivity contribution is 0.126. The van der Waals surface area contributed by atoms with Gasteiger partial charge in [-0.2, -0.15) is 4.37 Å². The van der Waals surface area contributed by atoms with E-state index in [-0.39, 0.29) is 6.10 Å². The van der Waals surface area contributed by atoms with E-state index < -0.39 is 0 Å². The second-order valence-electron chi connectivity index (χ2n) is 4.54. The zero-order valence-corrected chi connectivity index (χ0v) is 9.57. The van der Waals surface area contributed by atoms with Gasteiger partial charge in [0.05, 0.1) is 6.10 Å². The third-order valence-corrected chi connectivity index (χ3v) is 4.27. The Morgan fingerprint density at radius 3 is 2.53 bits per heavy atom. The van der Waals surface area contributed by atoms with Gasteiger partial charge in [0, 0.05) is 23.6 Å². The molecule has 2 unspecified atom stereocenters. The van der Waals surface area contributed by atoms with Gasteiger partial charge in [0.2, 0.25) is 5.13 Å². The van der Waals surface area contributed by atoms with Crippen LogP contribution in [0, 0.1) is 6.92 Å². The summed E-state index contributed by atoms with van der Waals surface area (Å²) in [5, 5.41) is 10.7. The van der Waals surface area contributed by atoms with Crippen molar-refractivity contribution in [2.24, 2.45) is 0 Å². The first kappa shape index (κ1) is 9.54. The number of piperidine rings is 1. The molecule has 1 aromatic rings. The predicted octanol–water partition coefficient (Wildman–Crippen LogP) is 1.34. The number of nitrogens with zero attached hydrogens (tertiary/aromatic N) is 3. The smallest absolute Gasteiger partial charge is 0.205 e. The van der Waals surface area contributed by atoms with E-state index in [1.165, 1.54) is 24.4 Å². The van der Waals surface area contributed by atoms with Gasteiger partial charge >= 0.3 is 0 Å². The lowest BCUT2D eigenvalue weighted by Crippen LogP contribution is -2.44. The maximum absolute atomic E-state index is 9.70. The van der Waals surface area contributed by atoms with Gasteiger partial charge in [-0.15, -0.1) is 0 Å². The minimum atomic E-state index is -0.104. The Morgan fingerprint density at radius 1 is 1.33 bits per heavy atom. The second-order valence-corrected chi connectivity index (χ2v) is 5.27. The maximum atomic E-state index is 9.70. The Balaban J connectivity index is 1.88. The topological polar surface area (TPSA) is 49.2 Å². The van der Waals surface area contributed by atoms with Gasteiger partial charge in [-0.3, -0.25) is 0 Å². The molecule has 0 aromatic carbocycles. The highest BCUT2D eigenvalue weighted by molar-refractivity contribution is 7.09. The maximum Gasteiger partial charge on any atom is 0.205 e. The quantitative estimate of drug-likeness (QED) is 0.783. The Morgan fingerprint density at radius 2 is 2.00 bits per heavy atom. The molecule has 4 nitrogen and oxygen atoms in total. The molecule has 5 heteroatoms.